The third-order valence-electron chi connectivity index (χ3n) is 7.47. The van der Waals surface area contributed by atoms with Gasteiger partial charge in [-0.25, -0.2) is 9.36 Å². The number of para-hydroxylation sites is 2. The van der Waals surface area contributed by atoms with Crippen LogP contribution in [-0.2, 0) is 14.1 Å². The van der Waals surface area contributed by atoms with Crippen molar-refractivity contribution in [2.24, 2.45) is 14.1 Å². The molecule has 8 nitrogen and oxygen atoms in total. The number of hydrogen-bond acceptors (Lipinski definition) is 4. The van der Waals surface area contributed by atoms with Crippen molar-refractivity contribution in [2.45, 2.75) is 19.8 Å². The summed E-state index contributed by atoms with van der Waals surface area (Å²) in [5.74, 6) is -0.614. The molecule has 10 heteroatoms. The van der Waals surface area contributed by atoms with Gasteiger partial charge in [-0.05, 0) is 76.0 Å². The predicted molar refractivity (Wildman–Crippen MR) is 162 cm³/mol. The predicted octanol–water partition coefficient (Wildman–Crippen LogP) is 5.70. The van der Waals surface area contributed by atoms with Gasteiger partial charge in [-0.15, -0.1) is 0 Å². The van der Waals surface area contributed by atoms with Crippen molar-refractivity contribution in [2.75, 3.05) is 7.11 Å². The van der Waals surface area contributed by atoms with E-state index in [4.69, 9.17) is 4.74 Å². The van der Waals surface area contributed by atoms with Gasteiger partial charge in [0.2, 0.25) is 0 Å². The number of hydrogen-bond donors (Lipinski definition) is 1. The summed E-state index contributed by atoms with van der Waals surface area (Å²) in [6, 6.07) is 20.4. The maximum Gasteiger partial charge on any atom is 0.275 e. The number of aromatic hydroxyl groups is 1. The molecule has 0 atom stereocenters. The maximum absolute atomic E-state index is 14.3. The Balaban J connectivity index is 1.91. The first kappa shape index (κ1) is 27.8. The van der Waals surface area contributed by atoms with Crippen molar-refractivity contribution in [1.82, 2.24) is 18.7 Å². The number of phenols is 1. The van der Waals surface area contributed by atoms with Crippen LogP contribution in [0.1, 0.15) is 34.0 Å². The van der Waals surface area contributed by atoms with Crippen LogP contribution in [0.15, 0.2) is 85.3 Å². The second kappa shape index (κ2) is 10.7. The van der Waals surface area contributed by atoms with Crippen LogP contribution in [0.3, 0.4) is 0 Å². The maximum atomic E-state index is 14.3. The summed E-state index contributed by atoms with van der Waals surface area (Å²) in [5, 5.41) is 11.5. The van der Waals surface area contributed by atoms with Gasteiger partial charge in [0.1, 0.15) is 10.2 Å². The zero-order valence-corrected chi connectivity index (χ0v) is 25.8. The molecule has 5 rings (SSSR count). The minimum atomic E-state index is -0.897. The highest BCUT2D eigenvalue weighted by atomic mass is 79.9. The smallest absolute Gasteiger partial charge is 0.275 e. The molecule has 0 aliphatic rings. The van der Waals surface area contributed by atoms with E-state index in [1.807, 2.05) is 88.6 Å². The molecule has 1 N–H and O–H groups in total. The van der Waals surface area contributed by atoms with Crippen molar-refractivity contribution >= 4 is 31.9 Å². The molecule has 40 heavy (non-hydrogen) atoms. The number of ether oxygens (including phenoxy) is 1. The Morgan fingerprint density at radius 2 is 1.20 bits per heavy atom. The van der Waals surface area contributed by atoms with Crippen molar-refractivity contribution in [3.05, 3.63) is 124 Å². The van der Waals surface area contributed by atoms with Crippen LogP contribution in [-0.4, -0.2) is 30.9 Å². The van der Waals surface area contributed by atoms with Crippen LogP contribution in [0.25, 0.3) is 11.4 Å². The van der Waals surface area contributed by atoms with Crippen LogP contribution in [0.2, 0.25) is 0 Å². The first-order chi connectivity index (χ1) is 19.1. The molecule has 0 radical (unpaired) electrons. The Morgan fingerprint density at radius 3 is 1.60 bits per heavy atom. The third-order valence-corrected chi connectivity index (χ3v) is 8.79. The van der Waals surface area contributed by atoms with Gasteiger partial charge in [-0.2, -0.15) is 0 Å². The van der Waals surface area contributed by atoms with E-state index in [1.54, 1.807) is 24.8 Å². The van der Waals surface area contributed by atoms with Gasteiger partial charge >= 0.3 is 0 Å². The largest absolute Gasteiger partial charge is 0.506 e. The van der Waals surface area contributed by atoms with Gasteiger partial charge in [-0.3, -0.25) is 19.0 Å². The molecule has 0 amide bonds. The molecule has 3 aromatic carbocycles. The lowest BCUT2D eigenvalue weighted by Gasteiger charge is -2.20. The Bertz CT molecular complexity index is 1750. The summed E-state index contributed by atoms with van der Waals surface area (Å²) < 4.78 is 13.1. The summed E-state index contributed by atoms with van der Waals surface area (Å²) in [6.07, 6.45) is 0. The highest BCUT2D eigenvalue weighted by Crippen LogP contribution is 2.47. The molecule has 0 unspecified atom stereocenters. The minimum Gasteiger partial charge on any atom is -0.506 e. The fourth-order valence-electron chi connectivity index (χ4n) is 5.31. The third kappa shape index (κ3) is 4.26. The van der Waals surface area contributed by atoms with Gasteiger partial charge in [0.15, 0.2) is 5.75 Å². The number of benzene rings is 3. The Kier molecular flexibility index (Phi) is 7.41. The number of methoxy groups -OCH3 is 1. The highest BCUT2D eigenvalue weighted by Gasteiger charge is 2.35. The lowest BCUT2D eigenvalue weighted by atomic mass is 9.84. The van der Waals surface area contributed by atoms with Gasteiger partial charge in [0.25, 0.3) is 11.1 Å². The van der Waals surface area contributed by atoms with Gasteiger partial charge in [-0.1, -0.05) is 36.4 Å². The Hall–Kier alpha value is -3.76. The lowest BCUT2D eigenvalue weighted by Crippen LogP contribution is -2.26. The Labute approximate surface area is 247 Å². The number of nitrogens with zero attached hydrogens (tertiary/aromatic N) is 4. The first-order valence-electron chi connectivity index (χ1n) is 12.5. The number of phenolic OH excluding ortho intramolecular Hbond substituents is 1. The highest BCUT2D eigenvalue weighted by molar-refractivity contribution is 9.11. The topological polar surface area (TPSA) is 83.3 Å². The van der Waals surface area contributed by atoms with Crippen molar-refractivity contribution in [3.63, 3.8) is 0 Å². The summed E-state index contributed by atoms with van der Waals surface area (Å²) in [4.78, 5) is 28.6. The van der Waals surface area contributed by atoms with E-state index in [-0.39, 0.29) is 16.9 Å². The molecule has 0 saturated heterocycles. The zero-order valence-electron chi connectivity index (χ0n) is 22.6. The fourth-order valence-corrected chi connectivity index (χ4v) is 6.79. The summed E-state index contributed by atoms with van der Waals surface area (Å²) in [7, 11) is 5.12. The normalized spacial score (nSPS) is 11.4. The summed E-state index contributed by atoms with van der Waals surface area (Å²) in [5.41, 5.74) is 3.29. The van der Waals surface area contributed by atoms with Crippen LogP contribution < -0.4 is 15.9 Å². The molecule has 206 valence electrons. The molecule has 0 saturated carbocycles. The number of halogens is 2. The second-order valence-corrected chi connectivity index (χ2v) is 11.2. The number of aromatic nitrogens is 4. The Morgan fingerprint density at radius 1 is 0.775 bits per heavy atom. The SMILES string of the molecule is COc1c(Br)cc(C(c2c(C)n(C)n(-c3ccccc3)c2=O)c2c(C)n(C)n(-c3ccccc3)c2=O)c(O)c1Br. The van der Waals surface area contributed by atoms with Crippen molar-refractivity contribution in [1.29, 1.82) is 0 Å². The van der Waals surface area contributed by atoms with Crippen LogP contribution in [0.4, 0.5) is 0 Å². The molecule has 2 aromatic heterocycles. The molecular formula is C30H28Br2N4O4. The molecule has 0 fully saturated rings. The molecule has 0 aliphatic carbocycles. The van der Waals surface area contributed by atoms with E-state index in [1.165, 1.54) is 7.11 Å². The van der Waals surface area contributed by atoms with Crippen molar-refractivity contribution < 1.29 is 9.84 Å². The van der Waals surface area contributed by atoms with Crippen molar-refractivity contribution in [3.8, 4) is 22.9 Å². The summed E-state index contributed by atoms with van der Waals surface area (Å²) >= 11 is 7.01. The van der Waals surface area contributed by atoms with E-state index in [0.717, 1.165) is 0 Å². The van der Waals surface area contributed by atoms with E-state index in [2.05, 4.69) is 31.9 Å². The standard InChI is InChI=1S/C30H28Br2N4O4/c1-17-23(29(38)35(33(17)3)19-12-8-6-9-13-19)25(21-16-22(31)28(40-5)26(32)27(21)37)24-18(2)34(4)36(30(24)39)20-14-10-7-11-15-20/h6-16,25,37H,1-5H3. The van der Waals surface area contributed by atoms with E-state index < -0.39 is 5.92 Å². The fraction of sp³-hybridized carbons (Fsp3) is 0.200. The average molecular weight is 668 g/mol. The molecular weight excluding hydrogens is 640 g/mol. The van der Waals surface area contributed by atoms with E-state index in [0.29, 0.717) is 54.1 Å². The van der Waals surface area contributed by atoms with Gasteiger partial charge in [0.05, 0.1) is 40.0 Å². The monoisotopic (exact) mass is 666 g/mol. The molecule has 5 aromatic rings. The average Bonchev–Trinajstić information content (AvgIpc) is 3.31. The molecule has 0 bridgehead atoms. The minimum absolute atomic E-state index is 0.118. The van der Waals surface area contributed by atoms with Crippen LogP contribution in [0, 0.1) is 13.8 Å². The first-order valence-corrected chi connectivity index (χ1v) is 14.1. The van der Waals surface area contributed by atoms with E-state index in [9.17, 15) is 14.7 Å². The quantitative estimate of drug-likeness (QED) is 0.252. The number of rotatable bonds is 6. The summed E-state index contributed by atoms with van der Waals surface area (Å²) in [6.45, 7) is 3.70. The van der Waals surface area contributed by atoms with Gasteiger partial charge in [0, 0.05) is 31.0 Å². The molecule has 0 spiro atoms. The lowest BCUT2D eigenvalue weighted by molar-refractivity contribution is 0.399. The van der Waals surface area contributed by atoms with Crippen LogP contribution >= 0.6 is 31.9 Å². The van der Waals surface area contributed by atoms with E-state index >= 15 is 0 Å². The molecule has 0 aliphatic heterocycles. The van der Waals surface area contributed by atoms with Crippen LogP contribution in [0.5, 0.6) is 11.5 Å². The second-order valence-electron chi connectivity index (χ2n) is 9.53. The molecule has 2 heterocycles. The van der Waals surface area contributed by atoms with Gasteiger partial charge < -0.3 is 9.84 Å². The zero-order chi connectivity index (χ0) is 28.9.